The highest BCUT2D eigenvalue weighted by atomic mass is 32.2. The van der Waals surface area contributed by atoms with Crippen LogP contribution >= 0.6 is 0 Å². The van der Waals surface area contributed by atoms with Gasteiger partial charge < -0.3 is 0 Å². The lowest BCUT2D eigenvalue weighted by molar-refractivity contribution is 0.595. The second-order valence-corrected chi connectivity index (χ2v) is 4.07. The highest BCUT2D eigenvalue weighted by molar-refractivity contribution is 7.93. The minimum atomic E-state index is -3.49. The van der Waals surface area contributed by atoms with E-state index in [0.717, 1.165) is 12.2 Å². The molecule has 0 aromatic rings. The molecule has 0 aliphatic heterocycles. The molecule has 0 aliphatic rings. The highest BCUT2D eigenvalue weighted by Gasteiger charge is 2.10. The van der Waals surface area contributed by atoms with Crippen molar-refractivity contribution in [2.45, 2.75) is 6.92 Å². The maximum atomic E-state index is 12.2. The van der Waals surface area contributed by atoms with Crippen LogP contribution in [0, 0.1) is 0 Å². The van der Waals surface area contributed by atoms with E-state index >= 15 is 0 Å². The number of nitrogens with one attached hydrogen (secondary N) is 1. The van der Waals surface area contributed by atoms with Gasteiger partial charge in [0.05, 0.1) is 4.91 Å². The minimum Gasteiger partial charge on any atom is -0.214 e. The zero-order valence-corrected chi connectivity index (χ0v) is 8.36. The van der Waals surface area contributed by atoms with Crippen LogP contribution in [0.3, 0.4) is 0 Å². The lowest BCUT2D eigenvalue weighted by Gasteiger charge is -2.00. The van der Waals surface area contributed by atoms with Crippen molar-refractivity contribution in [3.63, 3.8) is 0 Å². The van der Waals surface area contributed by atoms with Gasteiger partial charge in [-0.1, -0.05) is 12.7 Å². The van der Waals surface area contributed by atoms with Gasteiger partial charge >= 0.3 is 0 Å². The molecule has 5 heteroatoms. The first-order chi connectivity index (χ1) is 5.94. The Morgan fingerprint density at radius 2 is 2.00 bits per heavy atom. The van der Waals surface area contributed by atoms with Crippen LogP contribution in [0.25, 0.3) is 0 Å². The Labute approximate surface area is 77.7 Å². The van der Waals surface area contributed by atoms with Gasteiger partial charge in [-0.15, -0.1) is 0 Å². The summed E-state index contributed by atoms with van der Waals surface area (Å²) in [6, 6.07) is 0. The van der Waals surface area contributed by atoms with E-state index in [1.807, 2.05) is 0 Å². The molecule has 0 spiro atoms. The molecule has 0 bridgehead atoms. The summed E-state index contributed by atoms with van der Waals surface area (Å²) >= 11 is 0. The predicted octanol–water partition coefficient (Wildman–Crippen LogP) is 1.48. The number of hydrogen-bond donors (Lipinski definition) is 1. The van der Waals surface area contributed by atoms with E-state index in [1.165, 1.54) is 13.1 Å². The van der Waals surface area contributed by atoms with Crippen LogP contribution in [-0.2, 0) is 10.0 Å². The van der Waals surface area contributed by atoms with Crippen molar-refractivity contribution in [1.82, 2.24) is 4.72 Å². The van der Waals surface area contributed by atoms with Crippen LogP contribution in [0.2, 0.25) is 0 Å². The Kier molecular flexibility index (Phi) is 4.58. The van der Waals surface area contributed by atoms with E-state index in [-0.39, 0.29) is 4.91 Å². The quantitative estimate of drug-likeness (QED) is 0.706. The molecule has 0 aromatic carbocycles. The van der Waals surface area contributed by atoms with Gasteiger partial charge in [-0.3, -0.25) is 0 Å². The SMILES string of the molecule is C=C(F)/C=C\C(=C/C)S(=O)(=O)NC. The van der Waals surface area contributed by atoms with Crippen molar-refractivity contribution in [2.75, 3.05) is 7.05 Å². The molecule has 74 valence electrons. The number of rotatable bonds is 4. The largest absolute Gasteiger partial charge is 0.239 e. The number of allylic oxidation sites excluding steroid dienone is 4. The van der Waals surface area contributed by atoms with E-state index in [1.54, 1.807) is 6.92 Å². The second-order valence-electron chi connectivity index (χ2n) is 2.18. The maximum Gasteiger partial charge on any atom is 0.239 e. The smallest absolute Gasteiger partial charge is 0.214 e. The molecule has 0 heterocycles. The van der Waals surface area contributed by atoms with Crippen molar-refractivity contribution in [1.29, 1.82) is 0 Å². The predicted molar refractivity (Wildman–Crippen MR) is 51.1 cm³/mol. The maximum absolute atomic E-state index is 12.2. The lowest BCUT2D eigenvalue weighted by atomic mass is 10.4. The Bertz CT molecular complexity index is 341. The van der Waals surface area contributed by atoms with Crippen LogP contribution < -0.4 is 4.72 Å². The third-order valence-corrected chi connectivity index (χ3v) is 2.82. The van der Waals surface area contributed by atoms with Crippen molar-refractivity contribution in [3.8, 4) is 0 Å². The van der Waals surface area contributed by atoms with Gasteiger partial charge in [-0.25, -0.2) is 17.5 Å². The van der Waals surface area contributed by atoms with Gasteiger partial charge in [0.15, 0.2) is 0 Å². The highest BCUT2D eigenvalue weighted by Crippen LogP contribution is 2.07. The summed E-state index contributed by atoms with van der Waals surface area (Å²) in [5.41, 5.74) is 0. The van der Waals surface area contributed by atoms with Crippen LogP contribution in [0.5, 0.6) is 0 Å². The number of halogens is 1. The summed E-state index contributed by atoms with van der Waals surface area (Å²) < 4.78 is 36.6. The lowest BCUT2D eigenvalue weighted by Crippen LogP contribution is -2.19. The van der Waals surface area contributed by atoms with Gasteiger partial charge in [-0.05, 0) is 26.1 Å². The van der Waals surface area contributed by atoms with Crippen LogP contribution in [-0.4, -0.2) is 15.5 Å². The first kappa shape index (κ1) is 12.1. The summed E-state index contributed by atoms with van der Waals surface area (Å²) in [6.45, 7) is 4.52. The first-order valence-electron chi connectivity index (χ1n) is 3.56. The Balaban J connectivity index is 4.87. The molecule has 0 radical (unpaired) electrons. The summed E-state index contributed by atoms with van der Waals surface area (Å²) in [7, 11) is -2.20. The van der Waals surface area contributed by atoms with Gasteiger partial charge in [-0.2, -0.15) is 0 Å². The third-order valence-electron chi connectivity index (χ3n) is 1.29. The number of sulfonamides is 1. The fourth-order valence-corrected chi connectivity index (χ4v) is 1.42. The molecule has 0 amide bonds. The fourth-order valence-electron chi connectivity index (χ4n) is 0.631. The Morgan fingerprint density at radius 1 is 1.46 bits per heavy atom. The van der Waals surface area contributed by atoms with Crippen molar-refractivity contribution in [3.05, 3.63) is 35.5 Å². The van der Waals surface area contributed by atoms with E-state index < -0.39 is 15.9 Å². The summed E-state index contributed by atoms with van der Waals surface area (Å²) in [6.07, 6.45) is 3.50. The molecule has 13 heavy (non-hydrogen) atoms. The average Bonchev–Trinajstić information content (AvgIpc) is 2.04. The summed E-state index contributed by atoms with van der Waals surface area (Å²) in [5.74, 6) is -0.689. The Hall–Kier alpha value is -0.940. The third kappa shape index (κ3) is 4.00. The van der Waals surface area contributed by atoms with Gasteiger partial charge in [0.25, 0.3) is 0 Å². The molecular formula is C8H12FNO2S. The first-order valence-corrected chi connectivity index (χ1v) is 5.04. The molecule has 1 N–H and O–H groups in total. The molecule has 0 rings (SSSR count). The van der Waals surface area contributed by atoms with Crippen LogP contribution in [0.15, 0.2) is 35.5 Å². The number of hydrogen-bond acceptors (Lipinski definition) is 2. The van der Waals surface area contributed by atoms with Gasteiger partial charge in [0.1, 0.15) is 5.83 Å². The van der Waals surface area contributed by atoms with Crippen molar-refractivity contribution >= 4 is 10.0 Å². The second kappa shape index (κ2) is 4.94. The van der Waals surface area contributed by atoms with Crippen LogP contribution in [0.4, 0.5) is 4.39 Å². The molecular weight excluding hydrogens is 193 g/mol. The molecule has 0 aromatic heterocycles. The van der Waals surface area contributed by atoms with E-state index in [0.29, 0.717) is 0 Å². The normalized spacial score (nSPS) is 13.6. The summed E-state index contributed by atoms with van der Waals surface area (Å²) in [4.78, 5) is 0.00815. The Morgan fingerprint density at radius 3 is 2.31 bits per heavy atom. The van der Waals surface area contributed by atoms with Gasteiger partial charge in [0.2, 0.25) is 10.0 Å². The van der Waals surface area contributed by atoms with Crippen molar-refractivity contribution in [2.24, 2.45) is 0 Å². The average molecular weight is 205 g/mol. The zero-order chi connectivity index (χ0) is 10.5. The van der Waals surface area contributed by atoms with Crippen molar-refractivity contribution < 1.29 is 12.8 Å². The molecule has 0 fully saturated rings. The standard InChI is InChI=1S/C8H12FNO2S/c1-4-8(6-5-7(2)9)13(11,12)10-3/h4-6,10H,2H2,1,3H3/b6-5-,8-4+. The molecule has 0 saturated heterocycles. The van der Waals surface area contributed by atoms with E-state index in [9.17, 15) is 12.8 Å². The topological polar surface area (TPSA) is 46.2 Å². The van der Waals surface area contributed by atoms with E-state index in [2.05, 4.69) is 11.3 Å². The zero-order valence-electron chi connectivity index (χ0n) is 7.54. The fraction of sp³-hybridized carbons (Fsp3) is 0.250. The monoisotopic (exact) mass is 205 g/mol. The molecule has 3 nitrogen and oxygen atoms in total. The summed E-state index contributed by atoms with van der Waals surface area (Å²) in [5, 5.41) is 0. The minimum absolute atomic E-state index is 0.00815. The van der Waals surface area contributed by atoms with Crippen LogP contribution in [0.1, 0.15) is 6.92 Å². The molecule has 0 unspecified atom stereocenters. The molecule has 0 aliphatic carbocycles. The van der Waals surface area contributed by atoms with E-state index in [4.69, 9.17) is 0 Å². The molecule has 0 saturated carbocycles. The molecule has 0 atom stereocenters. The van der Waals surface area contributed by atoms with Gasteiger partial charge in [0, 0.05) is 0 Å².